The Balaban J connectivity index is 2.51. The fourth-order valence-corrected chi connectivity index (χ4v) is 2.62. The third-order valence-electron chi connectivity index (χ3n) is 3.96. The molecule has 0 aliphatic carbocycles. The summed E-state index contributed by atoms with van der Waals surface area (Å²) in [6.45, 7) is 9.03. The van der Waals surface area contributed by atoms with Crippen molar-refractivity contribution in [2.45, 2.75) is 19.4 Å². The van der Waals surface area contributed by atoms with Gasteiger partial charge in [0.15, 0.2) is 5.60 Å². The molecule has 3 nitrogen and oxygen atoms in total. The number of benzene rings is 2. The first-order valence-electron chi connectivity index (χ1n) is 7.90. The van der Waals surface area contributed by atoms with Gasteiger partial charge >= 0.3 is 6.09 Å². The minimum atomic E-state index is -0.998. The van der Waals surface area contributed by atoms with Gasteiger partial charge in [0.1, 0.15) is 0 Å². The number of carbonyl (C=O) groups excluding carboxylic acids is 1. The standard InChI is InChI=1S/C20H23NO2/c1-4-20(17-13-9-7-10-14-17,18-15-11-8-12-16-18)23-19(22)21(5-2)6-3/h4,7-16H,1,5-6H2,2-3H3. The lowest BCUT2D eigenvalue weighted by Gasteiger charge is -2.33. The molecule has 0 radical (unpaired) electrons. The second-order valence-corrected chi connectivity index (χ2v) is 5.21. The Bertz CT molecular complexity index is 594. The Kier molecular flexibility index (Phi) is 5.58. The highest BCUT2D eigenvalue weighted by atomic mass is 16.6. The normalized spacial score (nSPS) is 10.9. The molecule has 0 spiro atoms. The molecule has 0 aliphatic rings. The van der Waals surface area contributed by atoms with Crippen LogP contribution in [-0.4, -0.2) is 24.1 Å². The van der Waals surface area contributed by atoms with E-state index in [0.717, 1.165) is 11.1 Å². The van der Waals surface area contributed by atoms with Crippen LogP contribution in [-0.2, 0) is 10.3 Å². The maximum absolute atomic E-state index is 12.6. The van der Waals surface area contributed by atoms with Gasteiger partial charge in [0.2, 0.25) is 0 Å². The molecule has 0 unspecified atom stereocenters. The van der Waals surface area contributed by atoms with Crippen LogP contribution in [0.15, 0.2) is 73.3 Å². The molecule has 2 rings (SSSR count). The Labute approximate surface area is 138 Å². The summed E-state index contributed by atoms with van der Waals surface area (Å²) >= 11 is 0. The smallest absolute Gasteiger partial charge is 0.411 e. The van der Waals surface area contributed by atoms with Crippen molar-refractivity contribution in [3.05, 3.63) is 84.4 Å². The molecule has 0 N–H and O–H groups in total. The fourth-order valence-electron chi connectivity index (χ4n) is 2.62. The lowest BCUT2D eigenvalue weighted by molar-refractivity contribution is 0.0431. The summed E-state index contributed by atoms with van der Waals surface area (Å²) in [6, 6.07) is 19.4. The SMILES string of the molecule is C=CC(OC(=O)N(CC)CC)(c1ccccc1)c1ccccc1. The zero-order valence-electron chi connectivity index (χ0n) is 13.7. The zero-order valence-corrected chi connectivity index (χ0v) is 13.7. The number of hydrogen-bond acceptors (Lipinski definition) is 2. The summed E-state index contributed by atoms with van der Waals surface area (Å²) in [6.07, 6.45) is 1.35. The van der Waals surface area contributed by atoms with Gasteiger partial charge in [-0.15, -0.1) is 0 Å². The molecule has 0 bridgehead atoms. The van der Waals surface area contributed by atoms with Crippen molar-refractivity contribution in [2.75, 3.05) is 13.1 Å². The second kappa shape index (κ2) is 7.63. The number of hydrogen-bond donors (Lipinski definition) is 0. The summed E-state index contributed by atoms with van der Waals surface area (Å²) in [5.41, 5.74) is 0.755. The fraction of sp³-hybridized carbons (Fsp3) is 0.250. The van der Waals surface area contributed by atoms with E-state index in [-0.39, 0.29) is 6.09 Å². The molecule has 0 fully saturated rings. The number of amides is 1. The molecular formula is C20H23NO2. The average Bonchev–Trinajstić information content (AvgIpc) is 2.62. The summed E-state index contributed by atoms with van der Waals surface area (Å²) in [5, 5.41) is 0. The van der Waals surface area contributed by atoms with Crippen LogP contribution >= 0.6 is 0 Å². The largest absolute Gasteiger partial charge is 0.429 e. The molecule has 1 amide bonds. The molecule has 0 atom stereocenters. The van der Waals surface area contributed by atoms with Crippen molar-refractivity contribution in [3.63, 3.8) is 0 Å². The Morgan fingerprint density at radius 2 is 1.43 bits per heavy atom. The third kappa shape index (κ3) is 3.45. The van der Waals surface area contributed by atoms with Gasteiger partial charge in [-0.05, 0) is 19.9 Å². The van der Waals surface area contributed by atoms with E-state index in [1.807, 2.05) is 74.5 Å². The molecule has 2 aromatic rings. The summed E-state index contributed by atoms with van der Waals surface area (Å²) < 4.78 is 5.97. The molecule has 23 heavy (non-hydrogen) atoms. The molecule has 3 heteroatoms. The van der Waals surface area contributed by atoms with Gasteiger partial charge < -0.3 is 9.64 Å². The monoisotopic (exact) mass is 309 g/mol. The molecular weight excluding hydrogens is 286 g/mol. The molecule has 0 saturated heterocycles. The van der Waals surface area contributed by atoms with E-state index in [1.165, 1.54) is 0 Å². The average molecular weight is 309 g/mol. The highest BCUT2D eigenvalue weighted by Gasteiger charge is 2.36. The molecule has 0 heterocycles. The second-order valence-electron chi connectivity index (χ2n) is 5.21. The van der Waals surface area contributed by atoms with E-state index in [2.05, 4.69) is 6.58 Å². The van der Waals surface area contributed by atoms with Crippen molar-refractivity contribution in [1.82, 2.24) is 4.90 Å². The van der Waals surface area contributed by atoms with Gasteiger partial charge in [-0.2, -0.15) is 0 Å². The first-order valence-corrected chi connectivity index (χ1v) is 7.90. The van der Waals surface area contributed by atoms with Gasteiger partial charge in [0.05, 0.1) is 0 Å². The molecule has 0 aliphatic heterocycles. The summed E-state index contributed by atoms with van der Waals surface area (Å²) in [7, 11) is 0. The first kappa shape index (κ1) is 16.8. The molecule has 0 saturated carbocycles. The quantitative estimate of drug-likeness (QED) is 0.730. The first-order chi connectivity index (χ1) is 11.2. The van der Waals surface area contributed by atoms with Crippen molar-refractivity contribution in [1.29, 1.82) is 0 Å². The van der Waals surface area contributed by atoms with Crippen LogP contribution in [0.2, 0.25) is 0 Å². The van der Waals surface area contributed by atoms with Crippen molar-refractivity contribution in [2.24, 2.45) is 0 Å². The highest BCUT2D eigenvalue weighted by molar-refractivity contribution is 5.69. The van der Waals surface area contributed by atoms with E-state index < -0.39 is 5.60 Å². The predicted octanol–water partition coefficient (Wildman–Crippen LogP) is 4.59. The van der Waals surface area contributed by atoms with Gasteiger partial charge in [-0.3, -0.25) is 0 Å². The van der Waals surface area contributed by atoms with Gasteiger partial charge in [0, 0.05) is 24.2 Å². The van der Waals surface area contributed by atoms with E-state index in [1.54, 1.807) is 11.0 Å². The Hall–Kier alpha value is -2.55. The lowest BCUT2D eigenvalue weighted by atomic mass is 9.86. The van der Waals surface area contributed by atoms with Crippen LogP contribution < -0.4 is 0 Å². The summed E-state index contributed by atoms with van der Waals surface area (Å²) in [4.78, 5) is 14.2. The minimum absolute atomic E-state index is 0.345. The molecule has 2 aromatic carbocycles. The maximum atomic E-state index is 12.6. The third-order valence-corrected chi connectivity index (χ3v) is 3.96. The number of nitrogens with zero attached hydrogens (tertiary/aromatic N) is 1. The highest BCUT2D eigenvalue weighted by Crippen LogP contribution is 2.35. The zero-order chi connectivity index (χ0) is 16.7. The summed E-state index contributed by atoms with van der Waals surface area (Å²) in [5.74, 6) is 0. The van der Waals surface area contributed by atoms with Crippen molar-refractivity contribution in [3.8, 4) is 0 Å². The van der Waals surface area contributed by atoms with Crippen molar-refractivity contribution >= 4 is 6.09 Å². The van der Waals surface area contributed by atoms with Gasteiger partial charge in [-0.1, -0.05) is 67.2 Å². The van der Waals surface area contributed by atoms with E-state index >= 15 is 0 Å². The van der Waals surface area contributed by atoms with Gasteiger partial charge in [0.25, 0.3) is 0 Å². The van der Waals surface area contributed by atoms with Gasteiger partial charge in [-0.25, -0.2) is 4.79 Å². The van der Waals surface area contributed by atoms with Crippen LogP contribution in [0.4, 0.5) is 4.79 Å². The number of carbonyl (C=O) groups is 1. The van der Waals surface area contributed by atoms with Crippen LogP contribution in [0, 0.1) is 0 Å². The van der Waals surface area contributed by atoms with Crippen molar-refractivity contribution < 1.29 is 9.53 Å². The van der Waals surface area contributed by atoms with Crippen LogP contribution in [0.3, 0.4) is 0 Å². The Morgan fingerprint density at radius 1 is 1.00 bits per heavy atom. The maximum Gasteiger partial charge on any atom is 0.411 e. The van der Waals surface area contributed by atoms with Crippen LogP contribution in [0.1, 0.15) is 25.0 Å². The molecule has 0 aromatic heterocycles. The van der Waals surface area contributed by atoms with E-state index in [4.69, 9.17) is 4.74 Å². The molecule has 120 valence electrons. The minimum Gasteiger partial charge on any atom is -0.429 e. The van der Waals surface area contributed by atoms with Crippen LogP contribution in [0.5, 0.6) is 0 Å². The number of ether oxygens (including phenoxy) is 1. The van der Waals surface area contributed by atoms with Crippen LogP contribution in [0.25, 0.3) is 0 Å². The van der Waals surface area contributed by atoms with E-state index in [9.17, 15) is 4.79 Å². The lowest BCUT2D eigenvalue weighted by Crippen LogP contribution is -2.39. The topological polar surface area (TPSA) is 29.5 Å². The predicted molar refractivity (Wildman–Crippen MR) is 93.3 cm³/mol. The Morgan fingerprint density at radius 3 is 1.78 bits per heavy atom. The number of rotatable bonds is 6. The van der Waals surface area contributed by atoms with E-state index in [0.29, 0.717) is 13.1 Å².